The molecule has 2 nitrogen and oxygen atoms in total. The van der Waals surface area contributed by atoms with E-state index < -0.39 is 50.2 Å². The van der Waals surface area contributed by atoms with Crippen LogP contribution < -0.4 is 51.4 Å². The Morgan fingerprint density at radius 1 is 0.419 bits per heavy atom. The summed E-state index contributed by atoms with van der Waals surface area (Å²) in [6.45, 7) is 63.7. The minimum atomic E-state index is -1.71. The second-order valence-corrected chi connectivity index (χ2v) is 114. The zero-order valence-corrected chi connectivity index (χ0v) is 45.1. The van der Waals surface area contributed by atoms with E-state index in [-0.39, 0.29) is 58.7 Å². The van der Waals surface area contributed by atoms with Crippen molar-refractivity contribution in [3.63, 3.8) is 0 Å². The Kier molecular flexibility index (Phi) is 16.4. The molecule has 0 aromatic heterocycles. The minimum absolute atomic E-state index is 0. The second kappa shape index (κ2) is 15.3. The van der Waals surface area contributed by atoms with Crippen LogP contribution in [0.15, 0.2) is 0 Å². The van der Waals surface area contributed by atoms with Crippen LogP contribution in [0.5, 0.6) is 0 Å². The Morgan fingerprint density at radius 3 is 0.698 bits per heavy atom. The summed E-state index contributed by atoms with van der Waals surface area (Å²) in [7, 11) is -7.07. The van der Waals surface area contributed by atoms with Crippen molar-refractivity contribution in [2.75, 3.05) is 26.4 Å². The maximum Gasteiger partial charge on any atom is 1.00 e. The third-order valence-corrected chi connectivity index (χ3v) is 245. The van der Waals surface area contributed by atoms with Crippen molar-refractivity contribution in [1.29, 1.82) is 0 Å². The molecular formula is C32H79KO2Si8. The van der Waals surface area contributed by atoms with Crippen LogP contribution >= 0.6 is 0 Å². The van der Waals surface area contributed by atoms with E-state index >= 15 is 0 Å². The molecule has 3 fully saturated rings. The first-order chi connectivity index (χ1) is 18.4. The van der Waals surface area contributed by atoms with Crippen molar-refractivity contribution in [2.45, 2.75) is 182 Å². The first-order valence-electron chi connectivity index (χ1n) is 17.4. The van der Waals surface area contributed by atoms with Crippen LogP contribution in [0.1, 0.15) is 88.0 Å². The molecule has 11 heteroatoms. The van der Waals surface area contributed by atoms with Gasteiger partial charge in [0, 0.05) is 26.4 Å². The maximum atomic E-state index is 4.94. The van der Waals surface area contributed by atoms with Crippen LogP contribution in [0.4, 0.5) is 0 Å². The summed E-state index contributed by atoms with van der Waals surface area (Å²) >= 11 is 0. The van der Waals surface area contributed by atoms with E-state index in [0.717, 1.165) is 26.4 Å². The Labute approximate surface area is 322 Å². The fourth-order valence-corrected chi connectivity index (χ4v) is 550. The molecule has 0 amide bonds. The summed E-state index contributed by atoms with van der Waals surface area (Å²) in [4.78, 5) is 0. The van der Waals surface area contributed by atoms with Crippen LogP contribution in [-0.2, 0) is 9.47 Å². The largest absolute Gasteiger partial charge is 1.00 e. The molecule has 0 saturated carbocycles. The van der Waals surface area contributed by atoms with Gasteiger partial charge in [0.05, 0.1) is 0 Å². The number of ether oxygens (including phenoxy) is 2. The van der Waals surface area contributed by atoms with Gasteiger partial charge >= 0.3 is 51.4 Å². The van der Waals surface area contributed by atoms with Crippen LogP contribution in [-0.4, -0.2) is 84.0 Å². The first kappa shape index (κ1) is 46.3. The summed E-state index contributed by atoms with van der Waals surface area (Å²) in [6, 6.07) is 0. The van der Waals surface area contributed by atoms with Crippen LogP contribution in [0, 0.1) is 0 Å². The van der Waals surface area contributed by atoms with E-state index in [0.29, 0.717) is 15.1 Å². The van der Waals surface area contributed by atoms with E-state index in [1.807, 2.05) is 0 Å². The molecule has 0 spiro atoms. The molecule has 3 aliphatic heterocycles. The minimum Gasteiger partial charge on any atom is -0.381 e. The molecule has 0 N–H and O–H groups in total. The number of rotatable bonds is 5. The first-order valence-corrected chi connectivity index (χ1v) is 46.9. The van der Waals surface area contributed by atoms with E-state index in [1.54, 1.807) is 0 Å². The molecule has 0 aliphatic carbocycles. The Bertz CT molecular complexity index is 743. The molecule has 0 radical (unpaired) electrons. The van der Waals surface area contributed by atoms with Crippen LogP contribution in [0.25, 0.3) is 0 Å². The quantitative estimate of drug-likeness (QED) is 0.267. The van der Waals surface area contributed by atoms with E-state index in [1.165, 1.54) is 25.7 Å². The maximum absolute atomic E-state index is 4.94. The molecule has 3 rings (SSSR count). The second-order valence-electron chi connectivity index (χ2n) is 21.0. The van der Waals surface area contributed by atoms with Gasteiger partial charge in [0.2, 0.25) is 0 Å². The van der Waals surface area contributed by atoms with Crippen molar-refractivity contribution in [3.8, 4) is 0 Å². The summed E-state index contributed by atoms with van der Waals surface area (Å²) in [5.74, 6) is 0. The fraction of sp³-hybridized carbons (Fsp3) is 1.00. The third kappa shape index (κ3) is 8.27. The predicted molar refractivity (Wildman–Crippen MR) is 216 cm³/mol. The molecule has 0 aromatic rings. The number of hydrogen-bond donors (Lipinski definition) is 0. The Morgan fingerprint density at radius 2 is 0.605 bits per heavy atom. The smallest absolute Gasteiger partial charge is 0.381 e. The van der Waals surface area contributed by atoms with Crippen LogP contribution in [0.2, 0.25) is 93.7 Å². The molecule has 0 aromatic carbocycles. The van der Waals surface area contributed by atoms with Gasteiger partial charge < -0.3 is 9.47 Å². The van der Waals surface area contributed by atoms with Crippen molar-refractivity contribution in [2.24, 2.45) is 0 Å². The van der Waals surface area contributed by atoms with Gasteiger partial charge in [0.1, 0.15) is 0 Å². The van der Waals surface area contributed by atoms with Gasteiger partial charge in [-0.25, -0.2) is 0 Å². The summed E-state index contributed by atoms with van der Waals surface area (Å²) in [6.07, 6.45) is 2.52. The molecule has 252 valence electrons. The molecule has 3 heterocycles. The van der Waals surface area contributed by atoms with Crippen molar-refractivity contribution in [3.05, 3.63) is 0 Å². The average Bonchev–Trinajstić information content (AvgIpc) is 3.16. The SMILES string of the molecule is C1CCOC1.C1CCOC1.CC(C)(C)[Si]([Si-]1[Si]([Si](C)(C)C)([Si](C)(C)C)[Si]1([Si](C)(C)C)[Si](C)(C)C)(C(C)(C)C)C(C)(C)C.[K+]. The molecule has 0 bridgehead atoms. The molecular weight excluding hydrogens is 680 g/mol. The van der Waals surface area contributed by atoms with Gasteiger partial charge in [-0.1, -0.05) is 164 Å². The molecule has 0 unspecified atom stereocenters. The zero-order valence-electron chi connectivity index (χ0n) is 34.0. The van der Waals surface area contributed by atoms with Crippen molar-refractivity contribution < 1.29 is 60.9 Å². The predicted octanol–water partition coefficient (Wildman–Crippen LogP) is 7.82. The normalized spacial score (nSPS) is 21.7. The molecule has 43 heavy (non-hydrogen) atoms. The topological polar surface area (TPSA) is 18.5 Å². The third-order valence-electron chi connectivity index (χ3n) is 11.2. The van der Waals surface area contributed by atoms with Gasteiger partial charge in [0.15, 0.2) is 0 Å². The summed E-state index contributed by atoms with van der Waals surface area (Å²) in [5, 5.41) is 1.47. The van der Waals surface area contributed by atoms with Gasteiger partial charge in [0.25, 0.3) is 0 Å². The Balaban J connectivity index is 0.00000133. The van der Waals surface area contributed by atoms with Gasteiger partial charge in [-0.3, -0.25) is 7.35 Å². The van der Waals surface area contributed by atoms with Gasteiger partial charge in [-0.05, 0) is 56.0 Å². The van der Waals surface area contributed by atoms with Crippen molar-refractivity contribution in [1.82, 2.24) is 0 Å². The molecule has 3 aliphatic rings. The van der Waals surface area contributed by atoms with E-state index in [4.69, 9.17) is 9.47 Å². The Hall–Kier alpha value is 3.29. The van der Waals surface area contributed by atoms with Crippen molar-refractivity contribution >= 4 is 57.6 Å². The van der Waals surface area contributed by atoms with E-state index in [9.17, 15) is 0 Å². The molecule has 0 atom stereocenters. The van der Waals surface area contributed by atoms with Gasteiger partial charge in [-0.15, -0.1) is 12.3 Å². The summed E-state index contributed by atoms with van der Waals surface area (Å²) < 4.78 is 9.89. The average molecular weight is 760 g/mol. The molecule has 3 saturated heterocycles. The standard InChI is InChI=1S/C24H63Si8.2C4H8O.K/c1-22(2,3)30(23(4,5)6,24(7,8)9)25-31(26(10,11)12,27(13,14)15)32(25,28(16,17)18)29(19,20)21;2*1-2-4-5-3-1;/h1-21H3;2*1-4H2;/q-1;;;+1. The van der Waals surface area contributed by atoms with Crippen LogP contribution in [0.3, 0.4) is 0 Å². The number of hydrogen-bond acceptors (Lipinski definition) is 2. The zero-order chi connectivity index (χ0) is 33.6. The fourth-order valence-electron chi connectivity index (χ4n) is 12.5. The monoisotopic (exact) mass is 758 g/mol. The van der Waals surface area contributed by atoms with E-state index in [2.05, 4.69) is 141 Å². The summed E-state index contributed by atoms with van der Waals surface area (Å²) in [5.41, 5.74) is 0. The van der Waals surface area contributed by atoms with Gasteiger partial charge in [-0.2, -0.15) is 0 Å².